The van der Waals surface area contributed by atoms with Gasteiger partial charge in [-0.25, -0.2) is 0 Å². The zero-order valence-corrected chi connectivity index (χ0v) is 22.7. The molecule has 0 aliphatic rings. The number of benzene rings is 7. The third-order valence-corrected chi connectivity index (χ3v) is 8.55. The summed E-state index contributed by atoms with van der Waals surface area (Å²) in [6.45, 7) is 0. The topological polar surface area (TPSA) is 26.3 Å². The molecule has 196 valence electrons. The van der Waals surface area contributed by atoms with Crippen LogP contribution in [0.5, 0.6) is 0 Å². The van der Waals surface area contributed by atoms with Gasteiger partial charge in [0.15, 0.2) is 0 Å². The standard InChI is InChI=1S/C40H24O2/c1-2-8-25(9-3-1)26-14-16-27(17-15-26)39-30-10-4-6-12-32(30)40(33-13-7-5-11-31(33)39)29-18-19-36-34(23-29)35-22-28-20-21-41-37(28)24-38(35)42-36/h1-24H. The minimum atomic E-state index is 0.839. The van der Waals surface area contributed by atoms with Crippen LogP contribution in [0.4, 0.5) is 0 Å². The molecule has 0 saturated carbocycles. The highest BCUT2D eigenvalue weighted by atomic mass is 16.3. The first kappa shape index (κ1) is 23.1. The van der Waals surface area contributed by atoms with Gasteiger partial charge in [-0.1, -0.05) is 109 Å². The fourth-order valence-corrected chi connectivity index (χ4v) is 6.60. The van der Waals surface area contributed by atoms with E-state index in [4.69, 9.17) is 8.83 Å². The summed E-state index contributed by atoms with van der Waals surface area (Å²) in [4.78, 5) is 0. The highest BCUT2D eigenvalue weighted by molar-refractivity contribution is 6.22. The van der Waals surface area contributed by atoms with Gasteiger partial charge in [0.2, 0.25) is 0 Å². The Morgan fingerprint density at radius 3 is 1.57 bits per heavy atom. The van der Waals surface area contributed by atoms with Crippen molar-refractivity contribution in [1.29, 1.82) is 0 Å². The molecule has 0 atom stereocenters. The van der Waals surface area contributed by atoms with Crippen molar-refractivity contribution in [2.24, 2.45) is 0 Å². The van der Waals surface area contributed by atoms with Gasteiger partial charge in [-0.2, -0.15) is 0 Å². The summed E-state index contributed by atoms with van der Waals surface area (Å²) in [6.07, 6.45) is 1.73. The van der Waals surface area contributed by atoms with E-state index >= 15 is 0 Å². The quantitative estimate of drug-likeness (QED) is 0.210. The molecular weight excluding hydrogens is 512 g/mol. The summed E-state index contributed by atoms with van der Waals surface area (Å²) in [7, 11) is 0. The van der Waals surface area contributed by atoms with E-state index in [1.54, 1.807) is 6.26 Å². The fourth-order valence-electron chi connectivity index (χ4n) is 6.60. The van der Waals surface area contributed by atoms with Gasteiger partial charge in [0.1, 0.15) is 16.7 Å². The van der Waals surface area contributed by atoms with E-state index < -0.39 is 0 Å². The first-order valence-electron chi connectivity index (χ1n) is 14.2. The first-order valence-corrected chi connectivity index (χ1v) is 14.2. The largest absolute Gasteiger partial charge is 0.464 e. The molecule has 2 heteroatoms. The Morgan fingerprint density at radius 1 is 0.333 bits per heavy atom. The minimum Gasteiger partial charge on any atom is -0.464 e. The van der Waals surface area contributed by atoms with Crippen LogP contribution in [0, 0.1) is 0 Å². The van der Waals surface area contributed by atoms with Crippen LogP contribution in [0.1, 0.15) is 0 Å². The molecule has 0 spiro atoms. The first-order chi connectivity index (χ1) is 20.8. The van der Waals surface area contributed by atoms with Crippen molar-refractivity contribution in [3.8, 4) is 33.4 Å². The number of hydrogen-bond donors (Lipinski definition) is 0. The third kappa shape index (κ3) is 3.45. The molecular formula is C40H24O2. The molecule has 0 saturated heterocycles. The molecule has 0 bridgehead atoms. The second kappa shape index (κ2) is 8.95. The van der Waals surface area contributed by atoms with Crippen molar-refractivity contribution in [2.75, 3.05) is 0 Å². The SMILES string of the molecule is c1ccc(-c2ccc(-c3c4ccccc4c(-c4ccc5oc6cc7occc7cc6c5c4)c4ccccc34)cc2)cc1. The Balaban J connectivity index is 1.30. The maximum absolute atomic E-state index is 6.25. The molecule has 0 N–H and O–H groups in total. The molecule has 2 heterocycles. The van der Waals surface area contributed by atoms with Crippen LogP contribution in [0.15, 0.2) is 155 Å². The van der Waals surface area contributed by atoms with E-state index in [2.05, 4.69) is 127 Å². The maximum Gasteiger partial charge on any atom is 0.139 e. The van der Waals surface area contributed by atoms with Gasteiger partial charge in [0.25, 0.3) is 0 Å². The van der Waals surface area contributed by atoms with Crippen LogP contribution in [-0.2, 0) is 0 Å². The summed E-state index contributed by atoms with van der Waals surface area (Å²) < 4.78 is 11.9. The van der Waals surface area contributed by atoms with E-state index in [-0.39, 0.29) is 0 Å². The molecule has 9 aromatic rings. The lowest BCUT2D eigenvalue weighted by molar-refractivity contribution is 0.613. The van der Waals surface area contributed by atoms with Crippen LogP contribution < -0.4 is 0 Å². The van der Waals surface area contributed by atoms with Crippen LogP contribution in [0.2, 0.25) is 0 Å². The second-order valence-corrected chi connectivity index (χ2v) is 10.9. The van der Waals surface area contributed by atoms with Gasteiger partial charge >= 0.3 is 0 Å². The van der Waals surface area contributed by atoms with Gasteiger partial charge in [-0.15, -0.1) is 0 Å². The van der Waals surface area contributed by atoms with E-state index in [0.717, 1.165) is 32.9 Å². The average Bonchev–Trinajstić information content (AvgIpc) is 3.66. The molecule has 9 rings (SSSR count). The molecule has 0 unspecified atom stereocenters. The normalized spacial score (nSPS) is 11.8. The van der Waals surface area contributed by atoms with E-state index in [1.807, 2.05) is 12.1 Å². The minimum absolute atomic E-state index is 0.839. The zero-order chi connectivity index (χ0) is 27.6. The average molecular weight is 537 g/mol. The predicted molar refractivity (Wildman–Crippen MR) is 175 cm³/mol. The number of fused-ring (bicyclic) bond motifs is 6. The second-order valence-electron chi connectivity index (χ2n) is 10.9. The van der Waals surface area contributed by atoms with Crippen molar-refractivity contribution in [3.05, 3.63) is 146 Å². The smallest absolute Gasteiger partial charge is 0.139 e. The van der Waals surface area contributed by atoms with Crippen molar-refractivity contribution < 1.29 is 8.83 Å². The summed E-state index contributed by atoms with van der Waals surface area (Å²) >= 11 is 0. The zero-order valence-electron chi connectivity index (χ0n) is 22.7. The van der Waals surface area contributed by atoms with E-state index in [9.17, 15) is 0 Å². The molecule has 42 heavy (non-hydrogen) atoms. The Bertz CT molecular complexity index is 2380. The van der Waals surface area contributed by atoms with Gasteiger partial charge in [0.05, 0.1) is 6.26 Å². The monoisotopic (exact) mass is 536 g/mol. The van der Waals surface area contributed by atoms with E-state index in [0.29, 0.717) is 0 Å². The van der Waals surface area contributed by atoms with Crippen molar-refractivity contribution in [2.45, 2.75) is 0 Å². The van der Waals surface area contributed by atoms with Gasteiger partial charge in [-0.3, -0.25) is 0 Å². The Labute approximate surface area is 242 Å². The fraction of sp³-hybridized carbons (Fsp3) is 0. The van der Waals surface area contributed by atoms with Crippen molar-refractivity contribution in [1.82, 2.24) is 0 Å². The Kier molecular flexibility index (Phi) is 4.93. The Morgan fingerprint density at radius 2 is 0.881 bits per heavy atom. The van der Waals surface area contributed by atoms with Gasteiger partial charge in [-0.05, 0) is 79.2 Å². The number of furan rings is 2. The molecule has 2 nitrogen and oxygen atoms in total. The lowest BCUT2D eigenvalue weighted by Gasteiger charge is -2.18. The summed E-state index contributed by atoms with van der Waals surface area (Å²) in [6, 6.07) is 49.9. The Hall–Kier alpha value is -5.60. The van der Waals surface area contributed by atoms with E-state index in [1.165, 1.54) is 54.9 Å². The van der Waals surface area contributed by atoms with Crippen LogP contribution in [0.3, 0.4) is 0 Å². The number of rotatable bonds is 3. The highest BCUT2D eigenvalue weighted by Gasteiger charge is 2.18. The van der Waals surface area contributed by atoms with Crippen LogP contribution in [-0.4, -0.2) is 0 Å². The van der Waals surface area contributed by atoms with Crippen molar-refractivity contribution >= 4 is 54.5 Å². The van der Waals surface area contributed by atoms with Gasteiger partial charge < -0.3 is 8.83 Å². The maximum atomic E-state index is 6.25. The van der Waals surface area contributed by atoms with Crippen LogP contribution >= 0.6 is 0 Å². The molecule has 0 fully saturated rings. The lowest BCUT2D eigenvalue weighted by Crippen LogP contribution is -1.91. The van der Waals surface area contributed by atoms with Crippen molar-refractivity contribution in [3.63, 3.8) is 0 Å². The molecule has 2 aromatic heterocycles. The number of hydrogen-bond acceptors (Lipinski definition) is 2. The third-order valence-electron chi connectivity index (χ3n) is 8.55. The van der Waals surface area contributed by atoms with Gasteiger partial charge in [0, 0.05) is 22.2 Å². The molecule has 7 aromatic carbocycles. The summed E-state index contributed by atoms with van der Waals surface area (Å²) in [5, 5.41) is 8.26. The molecule has 0 aliphatic carbocycles. The highest BCUT2D eigenvalue weighted by Crippen LogP contribution is 2.45. The van der Waals surface area contributed by atoms with Crippen LogP contribution in [0.25, 0.3) is 87.8 Å². The molecule has 0 radical (unpaired) electrons. The molecule has 0 aliphatic heterocycles. The predicted octanol–water partition coefficient (Wildman–Crippen LogP) is 11.6. The summed E-state index contributed by atoms with van der Waals surface area (Å²) in [5.74, 6) is 0. The summed E-state index contributed by atoms with van der Waals surface area (Å²) in [5.41, 5.74) is 9.91. The lowest BCUT2D eigenvalue weighted by atomic mass is 9.85. The molecule has 0 amide bonds.